The van der Waals surface area contributed by atoms with Crippen molar-refractivity contribution in [2.24, 2.45) is 5.92 Å². The molecule has 2 fully saturated rings. The van der Waals surface area contributed by atoms with Crippen LogP contribution < -0.4 is 10.6 Å². The third-order valence-corrected chi connectivity index (χ3v) is 5.16. The highest BCUT2D eigenvalue weighted by Crippen LogP contribution is 2.27. The van der Waals surface area contributed by atoms with Gasteiger partial charge in [0, 0.05) is 12.1 Å². The maximum atomic E-state index is 12.8. The van der Waals surface area contributed by atoms with E-state index in [9.17, 15) is 24.3 Å². The van der Waals surface area contributed by atoms with E-state index in [1.165, 1.54) is 4.90 Å². The number of piperidine rings is 1. The van der Waals surface area contributed by atoms with E-state index in [0.717, 1.165) is 6.42 Å². The summed E-state index contributed by atoms with van der Waals surface area (Å²) >= 11 is 0. The van der Waals surface area contributed by atoms with Crippen LogP contribution >= 0.6 is 0 Å². The summed E-state index contributed by atoms with van der Waals surface area (Å²) < 4.78 is 0. The molecule has 2 heterocycles. The van der Waals surface area contributed by atoms with E-state index in [4.69, 9.17) is 0 Å². The summed E-state index contributed by atoms with van der Waals surface area (Å²) in [6.07, 6.45) is 1.20. The molecule has 3 N–H and O–H groups in total. The highest BCUT2D eigenvalue weighted by molar-refractivity contribution is 6.07. The first-order valence-electron chi connectivity index (χ1n) is 8.50. The predicted octanol–water partition coefficient (Wildman–Crippen LogP) is 1.07. The third kappa shape index (κ3) is 3.02. The lowest BCUT2D eigenvalue weighted by molar-refractivity contribution is -0.144. The summed E-state index contributed by atoms with van der Waals surface area (Å²) in [7, 11) is 0. The van der Waals surface area contributed by atoms with Gasteiger partial charge in [-0.1, -0.05) is 19.1 Å². The quantitative estimate of drug-likeness (QED) is 0.698. The Morgan fingerprint density at radius 2 is 1.88 bits per heavy atom. The molecule has 0 aliphatic carbocycles. The number of amides is 4. The molecular formula is C18H21N3O5. The number of carbonyl (C=O) groups excluding carboxylic acids is 3. The van der Waals surface area contributed by atoms with Crippen LogP contribution in [0, 0.1) is 5.92 Å². The molecule has 4 amide bonds. The summed E-state index contributed by atoms with van der Waals surface area (Å²) in [5.41, 5.74) is -0.301. The maximum Gasteiger partial charge on any atom is 0.326 e. The van der Waals surface area contributed by atoms with E-state index in [-0.39, 0.29) is 11.8 Å². The lowest BCUT2D eigenvalue weighted by atomic mass is 9.90. The van der Waals surface area contributed by atoms with Crippen molar-refractivity contribution in [1.82, 2.24) is 15.5 Å². The van der Waals surface area contributed by atoms with Gasteiger partial charge in [0.2, 0.25) is 0 Å². The molecule has 8 nitrogen and oxygen atoms in total. The Bertz CT molecular complexity index is 776. The first-order chi connectivity index (χ1) is 12.2. The lowest BCUT2D eigenvalue weighted by Crippen LogP contribution is -2.49. The molecule has 0 aromatic heterocycles. The van der Waals surface area contributed by atoms with Gasteiger partial charge in [-0.05, 0) is 43.4 Å². The van der Waals surface area contributed by atoms with Crippen molar-refractivity contribution in [3.63, 3.8) is 0 Å². The molecule has 0 bridgehead atoms. The summed E-state index contributed by atoms with van der Waals surface area (Å²) in [6, 6.07) is 4.91. The van der Waals surface area contributed by atoms with Crippen LogP contribution in [0.3, 0.4) is 0 Å². The van der Waals surface area contributed by atoms with Gasteiger partial charge in [-0.3, -0.25) is 14.9 Å². The zero-order valence-electron chi connectivity index (χ0n) is 14.6. The fourth-order valence-electron chi connectivity index (χ4n) is 3.48. The molecule has 0 saturated carbocycles. The van der Waals surface area contributed by atoms with Crippen LogP contribution in [0.25, 0.3) is 0 Å². The van der Waals surface area contributed by atoms with Gasteiger partial charge in [-0.15, -0.1) is 0 Å². The van der Waals surface area contributed by atoms with Gasteiger partial charge in [0.15, 0.2) is 0 Å². The lowest BCUT2D eigenvalue weighted by Gasteiger charge is -2.36. The van der Waals surface area contributed by atoms with Crippen molar-refractivity contribution in [1.29, 1.82) is 0 Å². The van der Waals surface area contributed by atoms with E-state index in [1.807, 2.05) is 6.92 Å². The molecule has 2 aliphatic heterocycles. The van der Waals surface area contributed by atoms with Crippen LogP contribution in [-0.4, -0.2) is 46.4 Å². The van der Waals surface area contributed by atoms with Gasteiger partial charge in [0.25, 0.3) is 11.8 Å². The molecule has 3 atom stereocenters. The fourth-order valence-corrected chi connectivity index (χ4v) is 3.48. The van der Waals surface area contributed by atoms with Crippen LogP contribution in [0.2, 0.25) is 0 Å². The molecule has 1 aromatic rings. The maximum absolute atomic E-state index is 12.8. The second kappa shape index (κ2) is 6.44. The number of nitrogens with zero attached hydrogens (tertiary/aromatic N) is 1. The Hall–Kier alpha value is -2.90. The topological polar surface area (TPSA) is 116 Å². The molecule has 26 heavy (non-hydrogen) atoms. The number of hydrogen-bond donors (Lipinski definition) is 3. The van der Waals surface area contributed by atoms with Gasteiger partial charge in [0.05, 0.1) is 0 Å². The molecule has 138 valence electrons. The Labute approximate surface area is 150 Å². The highest BCUT2D eigenvalue weighted by atomic mass is 16.4. The van der Waals surface area contributed by atoms with E-state index in [1.54, 1.807) is 31.2 Å². The normalized spacial score (nSPS) is 28.5. The SMILES string of the molecule is CC1CCN(C(=O)c2ccc(C3(C)NC(=O)NC3=O)cc2)C(C(=O)O)C1. The van der Waals surface area contributed by atoms with Gasteiger partial charge < -0.3 is 15.3 Å². The van der Waals surface area contributed by atoms with Crippen molar-refractivity contribution in [3.05, 3.63) is 35.4 Å². The minimum Gasteiger partial charge on any atom is -0.480 e. The number of urea groups is 1. The Balaban J connectivity index is 1.82. The van der Waals surface area contributed by atoms with Crippen molar-refractivity contribution in [2.45, 2.75) is 38.3 Å². The van der Waals surface area contributed by atoms with Crippen LogP contribution in [0.15, 0.2) is 24.3 Å². The average molecular weight is 359 g/mol. The number of nitrogens with one attached hydrogen (secondary N) is 2. The Morgan fingerprint density at radius 3 is 2.42 bits per heavy atom. The van der Waals surface area contributed by atoms with Gasteiger partial charge in [-0.2, -0.15) is 0 Å². The summed E-state index contributed by atoms with van der Waals surface area (Å²) in [6.45, 7) is 3.96. The molecular weight excluding hydrogens is 338 g/mol. The average Bonchev–Trinajstić information content (AvgIpc) is 2.87. The summed E-state index contributed by atoms with van der Waals surface area (Å²) in [5, 5.41) is 14.2. The standard InChI is InChI=1S/C18H21N3O5/c1-10-7-8-21(13(9-10)15(23)24)14(22)11-3-5-12(6-4-11)18(2)16(25)19-17(26)20-18/h3-6,10,13H,7-9H2,1-2H3,(H,23,24)(H2,19,20,25,26). The Kier molecular flexibility index (Phi) is 4.43. The zero-order valence-corrected chi connectivity index (χ0v) is 14.6. The molecule has 0 spiro atoms. The van der Waals surface area contributed by atoms with E-state index in [0.29, 0.717) is 24.1 Å². The van der Waals surface area contributed by atoms with Gasteiger partial charge in [-0.25, -0.2) is 9.59 Å². The smallest absolute Gasteiger partial charge is 0.326 e. The number of hydrogen-bond acceptors (Lipinski definition) is 4. The molecule has 2 saturated heterocycles. The number of carboxylic acids is 1. The monoisotopic (exact) mass is 359 g/mol. The van der Waals surface area contributed by atoms with Gasteiger partial charge in [0.1, 0.15) is 11.6 Å². The van der Waals surface area contributed by atoms with Crippen molar-refractivity contribution < 1.29 is 24.3 Å². The van der Waals surface area contributed by atoms with E-state index in [2.05, 4.69) is 10.6 Å². The minimum atomic E-state index is -1.19. The van der Waals surface area contributed by atoms with Crippen LogP contribution in [0.5, 0.6) is 0 Å². The zero-order chi connectivity index (χ0) is 19.1. The minimum absolute atomic E-state index is 0.256. The van der Waals surface area contributed by atoms with Crippen molar-refractivity contribution in [2.75, 3.05) is 6.54 Å². The second-order valence-electron chi connectivity index (χ2n) is 7.09. The van der Waals surface area contributed by atoms with E-state index >= 15 is 0 Å². The van der Waals surface area contributed by atoms with E-state index < -0.39 is 29.5 Å². The highest BCUT2D eigenvalue weighted by Gasteiger charge is 2.43. The largest absolute Gasteiger partial charge is 0.480 e. The van der Waals surface area contributed by atoms with Crippen molar-refractivity contribution in [3.8, 4) is 0 Å². The van der Waals surface area contributed by atoms with Crippen LogP contribution in [0.1, 0.15) is 42.6 Å². The number of carboxylic acid groups (broad SMARTS) is 1. The number of aliphatic carboxylic acids is 1. The third-order valence-electron chi connectivity index (χ3n) is 5.16. The molecule has 0 radical (unpaired) electrons. The predicted molar refractivity (Wildman–Crippen MR) is 91.3 cm³/mol. The summed E-state index contributed by atoms with van der Waals surface area (Å²) in [4.78, 5) is 49.0. The fraction of sp³-hybridized carbons (Fsp3) is 0.444. The van der Waals surface area contributed by atoms with Crippen LogP contribution in [0.4, 0.5) is 4.79 Å². The van der Waals surface area contributed by atoms with Gasteiger partial charge >= 0.3 is 12.0 Å². The molecule has 1 aromatic carbocycles. The number of rotatable bonds is 3. The second-order valence-corrected chi connectivity index (χ2v) is 7.09. The molecule has 3 unspecified atom stereocenters. The molecule has 8 heteroatoms. The first kappa shape index (κ1) is 17.9. The number of likely N-dealkylation sites (tertiary alicyclic amines) is 1. The molecule has 3 rings (SSSR count). The number of imide groups is 1. The van der Waals surface area contributed by atoms with Crippen LogP contribution in [-0.2, 0) is 15.1 Å². The number of carbonyl (C=O) groups is 4. The number of benzene rings is 1. The first-order valence-corrected chi connectivity index (χ1v) is 8.50. The van der Waals surface area contributed by atoms with Crippen molar-refractivity contribution >= 4 is 23.8 Å². The molecule has 2 aliphatic rings. The Morgan fingerprint density at radius 1 is 1.23 bits per heavy atom. The summed E-state index contributed by atoms with van der Waals surface area (Å²) in [5.74, 6) is -1.55.